The zero-order chi connectivity index (χ0) is 46.3. The molecular weight excluding hydrogens is 837 g/mol. The van der Waals surface area contributed by atoms with Crippen LogP contribution in [0.2, 0.25) is 0 Å². The first-order valence-electron chi connectivity index (χ1n) is 24.0. The van der Waals surface area contributed by atoms with E-state index in [0.717, 1.165) is 52.8 Å². The Balaban J connectivity index is 1.14. The molecule has 69 heavy (non-hydrogen) atoms. The third-order valence-electron chi connectivity index (χ3n) is 14.1. The van der Waals surface area contributed by atoms with E-state index in [1.165, 1.54) is 61.7 Å². The molecule has 0 N–H and O–H groups in total. The summed E-state index contributed by atoms with van der Waals surface area (Å²) in [6.45, 7) is 6.44. The van der Waals surface area contributed by atoms with Crippen molar-refractivity contribution in [3.05, 3.63) is 266 Å². The number of nitrogens with zero attached hydrogens (tertiary/aromatic N) is 4. The molecule has 10 aromatic carbocycles. The molecule has 0 bridgehead atoms. The Hall–Kier alpha value is -8.60. The van der Waals surface area contributed by atoms with Gasteiger partial charge in [0.1, 0.15) is 0 Å². The lowest BCUT2D eigenvalue weighted by Gasteiger charge is -2.41. The highest BCUT2D eigenvalue weighted by molar-refractivity contribution is 6.07. The van der Waals surface area contributed by atoms with Crippen LogP contribution in [0.4, 0.5) is 56.9 Å². The topological polar surface area (TPSA) is 13.0 Å². The smallest absolute Gasteiger partial charge is 0.0733 e. The van der Waals surface area contributed by atoms with Gasteiger partial charge in [0.05, 0.1) is 17.1 Å². The van der Waals surface area contributed by atoms with Gasteiger partial charge in [0.15, 0.2) is 0 Å². The van der Waals surface area contributed by atoms with Crippen LogP contribution in [0.1, 0.15) is 25.0 Å². The molecule has 0 fully saturated rings. The summed E-state index contributed by atoms with van der Waals surface area (Å²) in [6.07, 6.45) is 0. The third kappa shape index (κ3) is 7.42. The molecule has 0 spiro atoms. The first-order chi connectivity index (χ1) is 34.0. The lowest BCUT2D eigenvalue weighted by atomic mass is 9.81. The summed E-state index contributed by atoms with van der Waals surface area (Å²) in [7, 11) is 0. The van der Waals surface area contributed by atoms with Crippen LogP contribution in [-0.4, -0.2) is 13.1 Å². The largest absolute Gasteiger partial charge is 0.338 e. The van der Waals surface area contributed by atoms with Crippen LogP contribution in [-0.2, 0) is 5.41 Å². The number of hydrogen-bond donors (Lipinski definition) is 0. The summed E-state index contributed by atoms with van der Waals surface area (Å²) in [5.41, 5.74) is 21.1. The molecule has 0 saturated heterocycles. The molecule has 1 aliphatic carbocycles. The second kappa shape index (κ2) is 17.6. The van der Waals surface area contributed by atoms with E-state index < -0.39 is 0 Å². The van der Waals surface area contributed by atoms with Gasteiger partial charge >= 0.3 is 0 Å². The van der Waals surface area contributed by atoms with Crippen LogP contribution >= 0.6 is 0 Å². The summed E-state index contributed by atoms with van der Waals surface area (Å²) in [5, 5.41) is 0. The summed E-state index contributed by atoms with van der Waals surface area (Å²) in [5.74, 6) is 0. The van der Waals surface area contributed by atoms with E-state index in [4.69, 9.17) is 0 Å². The molecule has 10 aromatic rings. The van der Waals surface area contributed by atoms with E-state index in [1.54, 1.807) is 0 Å². The minimum absolute atomic E-state index is 0.221. The first-order valence-corrected chi connectivity index (χ1v) is 24.0. The van der Waals surface area contributed by atoms with Gasteiger partial charge in [0.25, 0.3) is 0 Å². The normalized spacial score (nSPS) is 13.3. The maximum Gasteiger partial charge on any atom is 0.0733 e. The van der Waals surface area contributed by atoms with Crippen molar-refractivity contribution in [1.29, 1.82) is 0 Å². The Bertz CT molecular complexity index is 3370. The van der Waals surface area contributed by atoms with E-state index in [9.17, 15) is 0 Å². The Morgan fingerprint density at radius 1 is 0.348 bits per heavy atom. The highest BCUT2D eigenvalue weighted by Gasteiger charge is 2.40. The third-order valence-corrected chi connectivity index (χ3v) is 14.1. The molecule has 0 amide bonds. The summed E-state index contributed by atoms with van der Waals surface area (Å²) in [6, 6.07) is 92.9. The van der Waals surface area contributed by atoms with Crippen LogP contribution in [0.5, 0.6) is 0 Å². The lowest BCUT2D eigenvalue weighted by molar-refractivity contribution is 0.660. The Morgan fingerprint density at radius 2 is 0.826 bits per heavy atom. The fraction of sp³-hybridized carbons (Fsp3) is 0.0769. The zero-order valence-corrected chi connectivity index (χ0v) is 39.0. The van der Waals surface area contributed by atoms with Crippen molar-refractivity contribution in [2.24, 2.45) is 0 Å². The average Bonchev–Trinajstić information content (AvgIpc) is 3.65. The summed E-state index contributed by atoms with van der Waals surface area (Å²) >= 11 is 0. The van der Waals surface area contributed by atoms with Gasteiger partial charge in [-0.05, 0) is 130 Å². The van der Waals surface area contributed by atoms with Crippen LogP contribution in [0.25, 0.3) is 33.4 Å². The predicted molar refractivity (Wildman–Crippen MR) is 291 cm³/mol. The molecule has 4 nitrogen and oxygen atoms in total. The molecule has 332 valence electrons. The molecule has 0 atom stereocenters. The number of hydrogen-bond acceptors (Lipinski definition) is 4. The van der Waals surface area contributed by atoms with Crippen LogP contribution in [0.15, 0.2) is 255 Å². The van der Waals surface area contributed by atoms with Gasteiger partial charge in [-0.15, -0.1) is 0 Å². The van der Waals surface area contributed by atoms with Crippen LogP contribution in [0, 0.1) is 0 Å². The lowest BCUT2D eigenvalue weighted by Crippen LogP contribution is -2.36. The van der Waals surface area contributed by atoms with Crippen molar-refractivity contribution < 1.29 is 0 Å². The summed E-state index contributed by atoms with van der Waals surface area (Å²) < 4.78 is 0. The molecule has 4 heteroatoms. The highest BCUT2D eigenvalue weighted by Crippen LogP contribution is 2.59. The van der Waals surface area contributed by atoms with E-state index in [2.05, 4.69) is 288 Å². The van der Waals surface area contributed by atoms with Gasteiger partial charge in [-0.1, -0.05) is 172 Å². The fourth-order valence-corrected chi connectivity index (χ4v) is 10.9. The van der Waals surface area contributed by atoms with Gasteiger partial charge < -0.3 is 19.6 Å². The highest BCUT2D eigenvalue weighted by atomic mass is 15.3. The summed E-state index contributed by atoms with van der Waals surface area (Å²) in [4.78, 5) is 9.89. The maximum absolute atomic E-state index is 2.55. The number of rotatable bonds is 10. The zero-order valence-electron chi connectivity index (χ0n) is 39.0. The maximum atomic E-state index is 2.55. The van der Waals surface area contributed by atoms with Gasteiger partial charge in [0.2, 0.25) is 0 Å². The van der Waals surface area contributed by atoms with Crippen molar-refractivity contribution in [2.75, 3.05) is 32.7 Å². The molecule has 12 rings (SSSR count). The minimum Gasteiger partial charge on any atom is -0.338 e. The second-order valence-corrected chi connectivity index (χ2v) is 18.5. The monoisotopic (exact) mass is 888 g/mol. The van der Waals surface area contributed by atoms with Crippen molar-refractivity contribution in [1.82, 2.24) is 0 Å². The molecule has 0 radical (unpaired) electrons. The standard InChI is InChI=1S/C65H52N4/c1-65(2)58-36-19-18-34-56(58)62-59(65)42-43-60(63(62)57-35-21-37-61-64(57)67(50-27-12-5-13-28-50)45-44-66(61)49-25-10-4-11-26-49)69(55-33-20-24-48(46-55)47-22-8-3-9-23-47)54-40-38-53(39-41-54)68(51-29-14-6-15-30-51)52-31-16-7-17-32-52/h3-43,46H,44-45H2,1-2H3. The number of anilines is 10. The van der Waals surface area contributed by atoms with Crippen molar-refractivity contribution >= 4 is 56.9 Å². The van der Waals surface area contributed by atoms with E-state index in [1.807, 2.05) is 0 Å². The van der Waals surface area contributed by atoms with Crippen LogP contribution in [0.3, 0.4) is 0 Å². The second-order valence-electron chi connectivity index (χ2n) is 18.5. The van der Waals surface area contributed by atoms with Gasteiger partial charge in [-0.3, -0.25) is 0 Å². The van der Waals surface area contributed by atoms with E-state index in [0.29, 0.717) is 0 Å². The van der Waals surface area contributed by atoms with Gasteiger partial charge in [-0.25, -0.2) is 0 Å². The Kier molecular flexibility index (Phi) is 10.6. The quantitative estimate of drug-likeness (QED) is 0.136. The van der Waals surface area contributed by atoms with Crippen molar-refractivity contribution in [3.8, 4) is 33.4 Å². The molecular formula is C65H52N4. The predicted octanol–water partition coefficient (Wildman–Crippen LogP) is 17.6. The van der Waals surface area contributed by atoms with Crippen LogP contribution < -0.4 is 19.6 Å². The number of para-hydroxylation sites is 5. The van der Waals surface area contributed by atoms with Gasteiger partial charge in [0, 0.05) is 69.4 Å². The molecule has 2 aliphatic rings. The first kappa shape index (κ1) is 41.8. The molecule has 1 aliphatic heterocycles. The minimum atomic E-state index is -0.221. The fourth-order valence-electron chi connectivity index (χ4n) is 10.9. The molecule has 0 aromatic heterocycles. The SMILES string of the molecule is CC1(C)c2ccccc2-c2c1ccc(N(c1ccc(N(c3ccccc3)c3ccccc3)cc1)c1cccc(-c3ccccc3)c1)c2-c1cccc2c1N(c1ccccc1)CCN2c1ccccc1. The Morgan fingerprint density at radius 3 is 1.48 bits per heavy atom. The Labute approximate surface area is 406 Å². The number of fused-ring (bicyclic) bond motifs is 4. The average molecular weight is 889 g/mol. The molecule has 0 saturated carbocycles. The number of benzene rings is 10. The molecule has 0 unspecified atom stereocenters. The van der Waals surface area contributed by atoms with Gasteiger partial charge in [-0.2, -0.15) is 0 Å². The van der Waals surface area contributed by atoms with Crippen molar-refractivity contribution in [3.63, 3.8) is 0 Å². The molecule has 1 heterocycles. The van der Waals surface area contributed by atoms with Crippen molar-refractivity contribution in [2.45, 2.75) is 19.3 Å². The van der Waals surface area contributed by atoms with E-state index in [-0.39, 0.29) is 5.41 Å². The van der Waals surface area contributed by atoms with E-state index >= 15 is 0 Å².